The van der Waals surface area contributed by atoms with Crippen LogP contribution in [-0.2, 0) is 0 Å². The average molecular weight is 263 g/mol. The normalized spacial score (nSPS) is 12.3. The van der Waals surface area contributed by atoms with Crippen LogP contribution in [0.2, 0.25) is 0 Å². The smallest absolute Gasteiger partial charge is 0.398 e. The summed E-state index contributed by atoms with van der Waals surface area (Å²) in [4.78, 5) is 0. The molecular formula is C8H11Cl2F3N2. The molecule has 0 radical (unpaired) electrons. The zero-order chi connectivity index (χ0) is 10.1. The molecular weight excluding hydrogens is 252 g/mol. The van der Waals surface area contributed by atoms with E-state index in [1.165, 1.54) is 18.2 Å². The summed E-state index contributed by atoms with van der Waals surface area (Å²) in [6.07, 6.45) is -4.45. The highest BCUT2D eigenvalue weighted by Crippen LogP contribution is 2.32. The fourth-order valence-electron chi connectivity index (χ4n) is 0.970. The summed E-state index contributed by atoms with van der Waals surface area (Å²) in [5.41, 5.74) is 10.3. The van der Waals surface area contributed by atoms with Gasteiger partial charge >= 0.3 is 6.18 Å². The maximum absolute atomic E-state index is 12.1. The summed E-state index contributed by atoms with van der Waals surface area (Å²) in [5, 5.41) is 0. The SMILES string of the molecule is Cl.Cl.Nc1ccccc1[C@H](N)C(F)(F)F. The van der Waals surface area contributed by atoms with E-state index < -0.39 is 12.2 Å². The molecule has 2 nitrogen and oxygen atoms in total. The molecule has 0 fully saturated rings. The number of hydrogen-bond acceptors (Lipinski definition) is 2. The monoisotopic (exact) mass is 262 g/mol. The highest BCUT2D eigenvalue weighted by atomic mass is 35.5. The van der Waals surface area contributed by atoms with E-state index in [-0.39, 0.29) is 36.1 Å². The largest absolute Gasteiger partial charge is 0.407 e. The van der Waals surface area contributed by atoms with Crippen LogP contribution in [0.4, 0.5) is 18.9 Å². The number of hydrogen-bond donors (Lipinski definition) is 2. The molecule has 0 amide bonds. The first-order valence-electron chi connectivity index (χ1n) is 3.59. The Morgan fingerprint density at radius 1 is 1.07 bits per heavy atom. The van der Waals surface area contributed by atoms with Gasteiger partial charge in [-0.15, -0.1) is 24.8 Å². The number of benzene rings is 1. The van der Waals surface area contributed by atoms with E-state index in [2.05, 4.69) is 0 Å². The van der Waals surface area contributed by atoms with Gasteiger partial charge < -0.3 is 11.5 Å². The van der Waals surface area contributed by atoms with Crippen LogP contribution in [0.5, 0.6) is 0 Å². The maximum atomic E-state index is 12.1. The van der Waals surface area contributed by atoms with E-state index in [9.17, 15) is 13.2 Å². The highest BCUT2D eigenvalue weighted by molar-refractivity contribution is 5.85. The predicted molar refractivity (Wildman–Crippen MR) is 58.3 cm³/mol. The molecule has 1 atom stereocenters. The van der Waals surface area contributed by atoms with Gasteiger partial charge in [0.1, 0.15) is 6.04 Å². The molecule has 0 unspecified atom stereocenters. The van der Waals surface area contributed by atoms with E-state index >= 15 is 0 Å². The van der Waals surface area contributed by atoms with Gasteiger partial charge in [-0.2, -0.15) is 13.2 Å². The fourth-order valence-corrected chi connectivity index (χ4v) is 0.970. The third-order valence-corrected chi connectivity index (χ3v) is 1.68. The number of anilines is 1. The van der Waals surface area contributed by atoms with E-state index in [1.807, 2.05) is 0 Å². The van der Waals surface area contributed by atoms with Gasteiger partial charge in [0.15, 0.2) is 0 Å². The Balaban J connectivity index is 0. The zero-order valence-corrected chi connectivity index (χ0v) is 9.12. The Morgan fingerprint density at radius 2 is 1.53 bits per heavy atom. The standard InChI is InChI=1S/C8H9F3N2.2ClH/c9-8(10,11)7(13)5-3-1-2-4-6(5)12;;/h1-4,7H,12-13H2;2*1H/t7-;;/m0../s1. The Kier molecular flexibility index (Phi) is 6.76. The van der Waals surface area contributed by atoms with E-state index in [4.69, 9.17) is 11.5 Å². The van der Waals surface area contributed by atoms with Gasteiger partial charge in [0.25, 0.3) is 0 Å². The molecule has 0 aliphatic heterocycles. The van der Waals surface area contributed by atoms with Crippen LogP contribution in [0.15, 0.2) is 24.3 Å². The zero-order valence-electron chi connectivity index (χ0n) is 7.49. The lowest BCUT2D eigenvalue weighted by atomic mass is 10.1. The number of nitrogen functional groups attached to an aromatic ring is 1. The van der Waals surface area contributed by atoms with Crippen LogP contribution in [0.3, 0.4) is 0 Å². The number of alkyl halides is 3. The fraction of sp³-hybridized carbons (Fsp3) is 0.250. The molecule has 0 aliphatic carbocycles. The first kappa shape index (κ1) is 16.8. The second-order valence-electron chi connectivity index (χ2n) is 2.65. The Bertz CT molecular complexity index is 304. The molecule has 15 heavy (non-hydrogen) atoms. The molecule has 0 spiro atoms. The number of nitrogens with two attached hydrogens (primary N) is 2. The van der Waals surface area contributed by atoms with Gasteiger partial charge in [-0.05, 0) is 6.07 Å². The first-order chi connectivity index (χ1) is 5.93. The van der Waals surface area contributed by atoms with Crippen LogP contribution in [0.1, 0.15) is 11.6 Å². The van der Waals surface area contributed by atoms with E-state index in [0.717, 1.165) is 0 Å². The van der Waals surface area contributed by atoms with Crippen LogP contribution in [0.25, 0.3) is 0 Å². The second-order valence-corrected chi connectivity index (χ2v) is 2.65. The molecule has 4 N–H and O–H groups in total. The molecule has 0 saturated carbocycles. The third-order valence-electron chi connectivity index (χ3n) is 1.68. The van der Waals surface area contributed by atoms with Gasteiger partial charge in [0.05, 0.1) is 0 Å². The van der Waals surface area contributed by atoms with E-state index in [1.54, 1.807) is 6.07 Å². The van der Waals surface area contributed by atoms with Gasteiger partial charge in [-0.25, -0.2) is 0 Å². The average Bonchev–Trinajstić information content (AvgIpc) is 2.02. The van der Waals surface area contributed by atoms with Crippen molar-refractivity contribution in [1.29, 1.82) is 0 Å². The molecule has 0 saturated heterocycles. The van der Waals surface area contributed by atoms with Crippen molar-refractivity contribution in [3.63, 3.8) is 0 Å². The van der Waals surface area contributed by atoms with Crippen molar-refractivity contribution in [3.05, 3.63) is 29.8 Å². The van der Waals surface area contributed by atoms with Crippen LogP contribution in [0, 0.1) is 0 Å². The molecule has 0 aliphatic rings. The van der Waals surface area contributed by atoms with Crippen molar-refractivity contribution in [2.24, 2.45) is 5.73 Å². The number of rotatable bonds is 1. The summed E-state index contributed by atoms with van der Waals surface area (Å²) in [7, 11) is 0. The van der Waals surface area contributed by atoms with Gasteiger partial charge in [0.2, 0.25) is 0 Å². The maximum Gasteiger partial charge on any atom is 0.407 e. The molecule has 1 rings (SSSR count). The molecule has 0 bridgehead atoms. The number of para-hydroxylation sites is 1. The van der Waals surface area contributed by atoms with Gasteiger partial charge in [-0.3, -0.25) is 0 Å². The van der Waals surface area contributed by atoms with Crippen molar-refractivity contribution in [3.8, 4) is 0 Å². The lowest BCUT2D eigenvalue weighted by Crippen LogP contribution is -2.29. The first-order valence-corrected chi connectivity index (χ1v) is 3.59. The molecule has 7 heteroatoms. The van der Waals surface area contributed by atoms with Crippen molar-refractivity contribution >= 4 is 30.5 Å². The van der Waals surface area contributed by atoms with Crippen molar-refractivity contribution in [1.82, 2.24) is 0 Å². The summed E-state index contributed by atoms with van der Waals surface area (Å²) >= 11 is 0. The van der Waals surface area contributed by atoms with Gasteiger partial charge in [0, 0.05) is 11.3 Å². The van der Waals surface area contributed by atoms with Crippen molar-refractivity contribution in [2.45, 2.75) is 12.2 Å². The number of halogens is 5. The highest BCUT2D eigenvalue weighted by Gasteiger charge is 2.38. The summed E-state index contributed by atoms with van der Waals surface area (Å²) in [5.74, 6) is 0. The molecule has 1 aromatic carbocycles. The summed E-state index contributed by atoms with van der Waals surface area (Å²) in [6.45, 7) is 0. The predicted octanol–water partition coefficient (Wildman–Crippen LogP) is 2.67. The van der Waals surface area contributed by atoms with Crippen LogP contribution < -0.4 is 11.5 Å². The lowest BCUT2D eigenvalue weighted by molar-refractivity contribution is -0.149. The Labute approximate surface area is 97.6 Å². The quantitative estimate of drug-likeness (QED) is 0.765. The topological polar surface area (TPSA) is 52.0 Å². The van der Waals surface area contributed by atoms with Crippen molar-refractivity contribution < 1.29 is 13.2 Å². The third kappa shape index (κ3) is 4.15. The molecule has 88 valence electrons. The minimum absolute atomic E-state index is 0. The van der Waals surface area contributed by atoms with E-state index in [0.29, 0.717) is 0 Å². The molecule has 0 aromatic heterocycles. The minimum atomic E-state index is -4.45. The molecule has 0 heterocycles. The van der Waals surface area contributed by atoms with Gasteiger partial charge in [-0.1, -0.05) is 18.2 Å². The molecule has 1 aromatic rings. The Morgan fingerprint density at radius 3 is 1.93 bits per heavy atom. The summed E-state index contributed by atoms with van der Waals surface area (Å²) < 4.78 is 36.4. The van der Waals surface area contributed by atoms with Crippen LogP contribution >= 0.6 is 24.8 Å². The Hall–Kier alpha value is -0.650. The lowest BCUT2D eigenvalue weighted by Gasteiger charge is -2.17. The van der Waals surface area contributed by atoms with Crippen LogP contribution in [-0.4, -0.2) is 6.18 Å². The second kappa shape index (κ2) is 6.05. The minimum Gasteiger partial charge on any atom is -0.398 e. The van der Waals surface area contributed by atoms with Crippen molar-refractivity contribution in [2.75, 3.05) is 5.73 Å². The summed E-state index contributed by atoms with van der Waals surface area (Å²) in [6, 6.07) is 3.68.